The van der Waals surface area contributed by atoms with E-state index in [1.165, 1.54) is 0 Å². The van der Waals surface area contributed by atoms with Crippen LogP contribution in [0, 0.1) is 0 Å². The first kappa shape index (κ1) is 22.2. The fourth-order valence-electron chi connectivity index (χ4n) is 2.75. The lowest BCUT2D eigenvalue weighted by Crippen LogP contribution is -2.48. The molecule has 1 heterocycles. The molecule has 0 unspecified atom stereocenters. The zero-order chi connectivity index (χ0) is 19.4. The molecule has 0 aromatic carbocycles. The third kappa shape index (κ3) is 6.48. The number of carbonyl (C=O) groups excluding carboxylic acids is 2. The van der Waals surface area contributed by atoms with Gasteiger partial charge in [0.25, 0.3) is 0 Å². The molecule has 0 aromatic rings. The van der Waals surface area contributed by atoms with Gasteiger partial charge in [0.1, 0.15) is 0 Å². The van der Waals surface area contributed by atoms with Crippen molar-refractivity contribution in [2.24, 2.45) is 5.11 Å². The van der Waals surface area contributed by atoms with Crippen LogP contribution in [0.5, 0.6) is 0 Å². The molecule has 0 radical (unpaired) electrons. The molecule has 0 aromatic heterocycles. The second kappa shape index (κ2) is 11.7. The van der Waals surface area contributed by atoms with Gasteiger partial charge in [-0.25, -0.2) is 0 Å². The summed E-state index contributed by atoms with van der Waals surface area (Å²) < 4.78 is 16.1. The molecular weight excluding hydrogens is 342 g/mol. The van der Waals surface area contributed by atoms with Crippen LogP contribution in [-0.4, -0.2) is 48.2 Å². The summed E-state index contributed by atoms with van der Waals surface area (Å²) in [6.45, 7) is 3.24. The van der Waals surface area contributed by atoms with Gasteiger partial charge in [-0.1, -0.05) is 44.6 Å². The van der Waals surface area contributed by atoms with Crippen LogP contribution in [-0.2, 0) is 23.8 Å². The quantitative estimate of drug-likeness (QED) is 0.184. The molecule has 1 N–H and O–H groups in total. The third-order valence-electron chi connectivity index (χ3n) is 4.23. The molecule has 26 heavy (non-hydrogen) atoms. The van der Waals surface area contributed by atoms with Crippen LogP contribution in [0.15, 0.2) is 5.11 Å². The normalized spacial score (nSPS) is 24.7. The zero-order valence-electron chi connectivity index (χ0n) is 15.6. The average molecular weight is 371 g/mol. The summed E-state index contributed by atoms with van der Waals surface area (Å²) in [6.07, 6.45) is 3.43. The van der Waals surface area contributed by atoms with Gasteiger partial charge in [-0.05, 0) is 18.4 Å². The Bertz CT molecular complexity index is 509. The minimum absolute atomic E-state index is 0.119. The molecule has 1 rings (SSSR count). The standard InChI is InChI=1S/C17H29N3O6/c1-3-5-7-9-14(22)25-13-11-24-17(12-21,19-20-18)16(13)26-15(23)10-8-6-4-2/h13,16,21H,3-12H2,1-2H3/t13-,16+,17-/m1/s1. The smallest absolute Gasteiger partial charge is 0.306 e. The van der Waals surface area contributed by atoms with Gasteiger partial charge in [-0.2, -0.15) is 0 Å². The highest BCUT2D eigenvalue weighted by molar-refractivity contribution is 5.71. The van der Waals surface area contributed by atoms with E-state index in [1.54, 1.807) is 0 Å². The van der Waals surface area contributed by atoms with Crippen LogP contribution in [0.2, 0.25) is 0 Å². The maximum absolute atomic E-state index is 12.1. The van der Waals surface area contributed by atoms with Crippen LogP contribution in [0.3, 0.4) is 0 Å². The van der Waals surface area contributed by atoms with Gasteiger partial charge in [-0.15, -0.1) is 0 Å². The minimum atomic E-state index is -1.77. The largest absolute Gasteiger partial charge is 0.456 e. The first-order chi connectivity index (χ1) is 12.5. The average Bonchev–Trinajstić information content (AvgIpc) is 2.94. The predicted molar refractivity (Wildman–Crippen MR) is 93.0 cm³/mol. The number of azide groups is 1. The van der Waals surface area contributed by atoms with E-state index in [0.717, 1.165) is 25.7 Å². The van der Waals surface area contributed by atoms with Gasteiger partial charge in [0.15, 0.2) is 12.2 Å². The molecule has 3 atom stereocenters. The van der Waals surface area contributed by atoms with E-state index in [2.05, 4.69) is 10.0 Å². The van der Waals surface area contributed by atoms with Crippen molar-refractivity contribution in [1.29, 1.82) is 0 Å². The number of aliphatic hydroxyl groups excluding tert-OH is 1. The predicted octanol–water partition coefficient (Wildman–Crippen LogP) is 3.00. The molecular formula is C17H29N3O6. The number of ether oxygens (including phenoxy) is 3. The van der Waals surface area contributed by atoms with Gasteiger partial charge < -0.3 is 19.3 Å². The molecule has 0 aliphatic carbocycles. The van der Waals surface area contributed by atoms with Crippen LogP contribution < -0.4 is 0 Å². The third-order valence-corrected chi connectivity index (χ3v) is 4.23. The highest BCUT2D eigenvalue weighted by Gasteiger charge is 2.54. The highest BCUT2D eigenvalue weighted by Crippen LogP contribution is 2.33. The van der Waals surface area contributed by atoms with E-state index < -0.39 is 36.5 Å². The van der Waals surface area contributed by atoms with E-state index in [4.69, 9.17) is 19.7 Å². The van der Waals surface area contributed by atoms with Crippen molar-refractivity contribution >= 4 is 11.9 Å². The molecule has 0 amide bonds. The first-order valence-corrected chi connectivity index (χ1v) is 9.23. The molecule has 1 saturated heterocycles. The van der Waals surface area contributed by atoms with Crippen LogP contribution in [0.1, 0.15) is 65.2 Å². The summed E-state index contributed by atoms with van der Waals surface area (Å²) in [7, 11) is 0. The SMILES string of the molecule is CCCCCC(=O)O[C@@H]1CO[C@@](CO)(N=[N+]=[N-])[C@H]1OC(=O)CCCCC. The fraction of sp³-hybridized carbons (Fsp3) is 0.882. The number of unbranched alkanes of at least 4 members (excludes halogenated alkanes) is 4. The Morgan fingerprint density at radius 3 is 2.23 bits per heavy atom. The number of nitrogens with zero attached hydrogens (tertiary/aromatic N) is 3. The Kier molecular flexibility index (Phi) is 10.0. The Labute approximate surface area is 153 Å². The molecule has 1 aliphatic heterocycles. The van der Waals surface area contributed by atoms with E-state index in [-0.39, 0.29) is 19.4 Å². The lowest BCUT2D eigenvalue weighted by atomic mass is 10.1. The Hall–Kier alpha value is -1.83. The van der Waals surface area contributed by atoms with Crippen molar-refractivity contribution in [3.05, 3.63) is 10.4 Å². The van der Waals surface area contributed by atoms with Gasteiger partial charge in [-0.3, -0.25) is 9.59 Å². The molecule has 9 nitrogen and oxygen atoms in total. The molecule has 1 fully saturated rings. The molecule has 148 valence electrons. The van der Waals surface area contributed by atoms with Crippen molar-refractivity contribution in [1.82, 2.24) is 0 Å². The fourth-order valence-corrected chi connectivity index (χ4v) is 2.75. The van der Waals surface area contributed by atoms with Gasteiger partial charge in [0, 0.05) is 17.8 Å². The minimum Gasteiger partial charge on any atom is -0.456 e. The molecule has 0 saturated carbocycles. The number of hydrogen-bond donors (Lipinski definition) is 1. The number of hydrogen-bond acceptors (Lipinski definition) is 7. The summed E-state index contributed by atoms with van der Waals surface area (Å²) >= 11 is 0. The topological polar surface area (TPSA) is 131 Å². The van der Waals surface area contributed by atoms with Gasteiger partial charge in [0.05, 0.1) is 13.2 Å². The maximum Gasteiger partial charge on any atom is 0.306 e. The summed E-state index contributed by atoms with van der Waals surface area (Å²) in [6, 6.07) is 0. The van der Waals surface area contributed by atoms with Crippen molar-refractivity contribution in [2.45, 2.75) is 83.1 Å². The second-order valence-electron chi connectivity index (χ2n) is 6.36. The number of aliphatic hydroxyl groups is 1. The van der Waals surface area contributed by atoms with Gasteiger partial charge >= 0.3 is 11.9 Å². The maximum atomic E-state index is 12.1. The lowest BCUT2D eigenvalue weighted by molar-refractivity contribution is -0.173. The van der Waals surface area contributed by atoms with Gasteiger partial charge in [0.2, 0.25) is 5.72 Å². The van der Waals surface area contributed by atoms with Crippen molar-refractivity contribution < 1.29 is 28.9 Å². The van der Waals surface area contributed by atoms with E-state index in [9.17, 15) is 14.7 Å². The summed E-state index contributed by atoms with van der Waals surface area (Å²) in [4.78, 5) is 26.8. The number of esters is 2. The number of carbonyl (C=O) groups is 2. The lowest BCUT2D eigenvalue weighted by Gasteiger charge is -2.29. The first-order valence-electron chi connectivity index (χ1n) is 9.23. The van der Waals surface area contributed by atoms with Crippen molar-refractivity contribution in [2.75, 3.05) is 13.2 Å². The van der Waals surface area contributed by atoms with Crippen molar-refractivity contribution in [3.63, 3.8) is 0 Å². The zero-order valence-corrected chi connectivity index (χ0v) is 15.6. The Morgan fingerprint density at radius 1 is 1.15 bits per heavy atom. The monoisotopic (exact) mass is 371 g/mol. The highest BCUT2D eigenvalue weighted by atomic mass is 16.6. The van der Waals surface area contributed by atoms with Crippen LogP contribution >= 0.6 is 0 Å². The van der Waals surface area contributed by atoms with Crippen molar-refractivity contribution in [3.8, 4) is 0 Å². The molecule has 1 aliphatic rings. The summed E-state index contributed by atoms with van der Waals surface area (Å²) in [5.41, 5.74) is 7.00. The van der Waals surface area contributed by atoms with Crippen LogP contribution in [0.4, 0.5) is 0 Å². The number of rotatable bonds is 12. The Morgan fingerprint density at radius 2 is 1.73 bits per heavy atom. The summed E-state index contributed by atoms with van der Waals surface area (Å²) in [5, 5.41) is 13.1. The van der Waals surface area contributed by atoms with E-state index in [0.29, 0.717) is 12.8 Å². The molecule has 0 spiro atoms. The van der Waals surface area contributed by atoms with E-state index in [1.807, 2.05) is 13.8 Å². The van der Waals surface area contributed by atoms with Crippen LogP contribution in [0.25, 0.3) is 10.4 Å². The Balaban J connectivity index is 2.79. The molecule has 9 heteroatoms. The summed E-state index contributed by atoms with van der Waals surface area (Å²) in [5.74, 6) is -0.944. The molecule has 0 bridgehead atoms. The van der Waals surface area contributed by atoms with E-state index >= 15 is 0 Å². The second-order valence-corrected chi connectivity index (χ2v) is 6.36.